The molecule has 1 fully saturated rings. The van der Waals surface area contributed by atoms with Gasteiger partial charge in [0.05, 0.1) is 6.61 Å². The Labute approximate surface area is 392 Å². The standard InChI is InChI=1S/C51H91O13P/c1-3-5-7-9-11-13-15-17-19-21-22-24-25-27-29-31-33-35-37-39-44(52)61-41-43(42-62-65(59,60)64-51-49(57)47(55)46(54)48(56)50(51)58)63-45(53)40-38-36-34-32-30-28-26-23-20-18-16-14-12-10-8-6-4-2/h8,10,14,16,20,23,28,30,43,46-51,54-58H,3-7,9,11-13,15,17-19,21-22,24-27,29,31-42H2,1-2H3,(H,59,60)/b10-8+,16-14+,23-20+,30-28+/t43-,46?,47-,48?,49?,50?,51?/m0/s1. The van der Waals surface area contributed by atoms with E-state index >= 15 is 0 Å². The summed E-state index contributed by atoms with van der Waals surface area (Å²) in [5.41, 5.74) is 0. The molecule has 65 heavy (non-hydrogen) atoms. The Hall–Kier alpha value is -2.19. The summed E-state index contributed by atoms with van der Waals surface area (Å²) in [6.07, 6.45) is 35.9. The number of aliphatic hydroxyl groups is 5. The fraction of sp³-hybridized carbons (Fsp3) is 0.804. The van der Waals surface area contributed by atoms with Crippen LogP contribution >= 0.6 is 7.82 Å². The minimum Gasteiger partial charge on any atom is -0.462 e. The van der Waals surface area contributed by atoms with Crippen molar-refractivity contribution in [1.82, 2.24) is 0 Å². The Morgan fingerprint density at radius 2 is 0.862 bits per heavy atom. The Kier molecular flexibility index (Phi) is 38.2. The van der Waals surface area contributed by atoms with Gasteiger partial charge in [0.15, 0.2) is 6.10 Å². The SMILES string of the molecule is CCC/C=C/C/C=C/C/C=C/C/C=C/CCCCCC(=O)O[C@@H](COC(=O)CCCCCCCCCCCCCCCCCCCCC)COP(=O)(O)OC1C(O)C(O)C(O)[C@H](O)C1O. The van der Waals surface area contributed by atoms with Crippen molar-refractivity contribution >= 4 is 19.8 Å². The number of phosphoric acid groups is 1. The second kappa shape index (κ2) is 40.8. The van der Waals surface area contributed by atoms with Crippen LogP contribution in [-0.4, -0.2) is 98.3 Å². The molecule has 1 aliphatic rings. The highest BCUT2D eigenvalue weighted by atomic mass is 31.2. The summed E-state index contributed by atoms with van der Waals surface area (Å²) in [6.45, 7) is 3.23. The van der Waals surface area contributed by atoms with Crippen molar-refractivity contribution in [2.24, 2.45) is 0 Å². The summed E-state index contributed by atoms with van der Waals surface area (Å²) in [6, 6.07) is 0. The summed E-state index contributed by atoms with van der Waals surface area (Å²) in [4.78, 5) is 35.8. The molecular formula is C51H91O13P. The minimum absolute atomic E-state index is 0.0595. The summed E-state index contributed by atoms with van der Waals surface area (Å²) < 4.78 is 33.6. The van der Waals surface area contributed by atoms with Crippen LogP contribution in [0.5, 0.6) is 0 Å². The van der Waals surface area contributed by atoms with Crippen molar-refractivity contribution in [2.45, 2.75) is 249 Å². The van der Waals surface area contributed by atoms with Gasteiger partial charge in [-0.05, 0) is 51.4 Å². The predicted molar refractivity (Wildman–Crippen MR) is 258 cm³/mol. The maximum atomic E-state index is 12.8. The molecule has 0 spiro atoms. The Balaban J connectivity index is 2.42. The maximum absolute atomic E-state index is 12.8. The molecule has 6 unspecified atom stereocenters. The van der Waals surface area contributed by atoms with Gasteiger partial charge in [-0.25, -0.2) is 4.57 Å². The second-order valence-electron chi connectivity index (χ2n) is 17.7. The average molecular weight is 943 g/mol. The van der Waals surface area contributed by atoms with Crippen molar-refractivity contribution in [3.05, 3.63) is 48.6 Å². The number of rotatable bonds is 42. The molecule has 1 saturated carbocycles. The first-order valence-corrected chi connectivity index (χ1v) is 26.9. The van der Waals surface area contributed by atoms with E-state index in [9.17, 15) is 44.6 Å². The molecule has 0 aliphatic heterocycles. The van der Waals surface area contributed by atoms with Crippen molar-refractivity contribution < 1.29 is 63.1 Å². The monoisotopic (exact) mass is 943 g/mol. The molecule has 8 atom stereocenters. The van der Waals surface area contributed by atoms with Gasteiger partial charge < -0.3 is 39.9 Å². The first kappa shape index (κ1) is 60.8. The van der Waals surface area contributed by atoms with Crippen LogP contribution in [-0.2, 0) is 32.7 Å². The third-order valence-corrected chi connectivity index (χ3v) is 12.6. The number of phosphoric ester groups is 1. The predicted octanol–water partition coefficient (Wildman–Crippen LogP) is 10.7. The molecule has 0 aromatic heterocycles. The highest BCUT2D eigenvalue weighted by molar-refractivity contribution is 7.47. The topological polar surface area (TPSA) is 210 Å². The van der Waals surface area contributed by atoms with Crippen molar-refractivity contribution in [2.75, 3.05) is 13.2 Å². The molecular weight excluding hydrogens is 852 g/mol. The molecule has 14 heteroatoms. The zero-order valence-electron chi connectivity index (χ0n) is 40.3. The quantitative estimate of drug-likeness (QED) is 0.0146. The van der Waals surface area contributed by atoms with Gasteiger partial charge in [0.25, 0.3) is 0 Å². The summed E-state index contributed by atoms with van der Waals surface area (Å²) in [7, 11) is -5.13. The number of unbranched alkanes of at least 4 members (excludes halogenated alkanes) is 22. The molecule has 1 rings (SSSR count). The van der Waals surface area contributed by atoms with Gasteiger partial charge in [0, 0.05) is 12.8 Å². The summed E-state index contributed by atoms with van der Waals surface area (Å²) in [5, 5.41) is 50.2. The number of hydrogen-bond acceptors (Lipinski definition) is 12. The van der Waals surface area contributed by atoms with Gasteiger partial charge in [-0.15, -0.1) is 0 Å². The van der Waals surface area contributed by atoms with E-state index in [0.717, 1.165) is 64.2 Å². The van der Waals surface area contributed by atoms with Crippen molar-refractivity contribution in [3.8, 4) is 0 Å². The maximum Gasteiger partial charge on any atom is 0.472 e. The zero-order chi connectivity index (χ0) is 47.8. The van der Waals surface area contributed by atoms with Gasteiger partial charge in [0.2, 0.25) is 0 Å². The van der Waals surface area contributed by atoms with Crippen LogP contribution < -0.4 is 0 Å². The van der Waals surface area contributed by atoms with E-state index in [1.165, 1.54) is 103 Å². The second-order valence-corrected chi connectivity index (χ2v) is 19.1. The summed E-state index contributed by atoms with van der Waals surface area (Å²) in [5.74, 6) is -1.13. The smallest absolute Gasteiger partial charge is 0.462 e. The molecule has 0 bridgehead atoms. The van der Waals surface area contributed by atoms with Crippen LogP contribution in [0.2, 0.25) is 0 Å². The van der Waals surface area contributed by atoms with Crippen LogP contribution in [0.4, 0.5) is 0 Å². The molecule has 0 radical (unpaired) electrons. The number of hydrogen-bond donors (Lipinski definition) is 6. The first-order chi connectivity index (χ1) is 31.4. The lowest BCUT2D eigenvalue weighted by atomic mass is 9.85. The Morgan fingerprint density at radius 1 is 0.477 bits per heavy atom. The number of ether oxygens (including phenoxy) is 2. The van der Waals surface area contributed by atoms with E-state index in [-0.39, 0.29) is 12.8 Å². The van der Waals surface area contributed by atoms with E-state index < -0.39 is 75.7 Å². The highest BCUT2D eigenvalue weighted by Crippen LogP contribution is 2.47. The molecule has 378 valence electrons. The van der Waals surface area contributed by atoms with Crippen LogP contribution in [0.1, 0.15) is 206 Å². The van der Waals surface area contributed by atoms with E-state index in [0.29, 0.717) is 12.8 Å². The number of allylic oxidation sites excluding steroid dienone is 8. The van der Waals surface area contributed by atoms with Crippen molar-refractivity contribution in [3.63, 3.8) is 0 Å². The highest BCUT2D eigenvalue weighted by Gasteiger charge is 2.51. The number of carbonyl (C=O) groups is 2. The zero-order valence-corrected chi connectivity index (χ0v) is 41.2. The first-order valence-electron chi connectivity index (χ1n) is 25.4. The molecule has 0 aromatic carbocycles. The van der Waals surface area contributed by atoms with E-state index in [1.807, 2.05) is 0 Å². The molecule has 6 N–H and O–H groups in total. The van der Waals surface area contributed by atoms with E-state index in [2.05, 4.69) is 62.5 Å². The van der Waals surface area contributed by atoms with Crippen LogP contribution in [0.3, 0.4) is 0 Å². The largest absolute Gasteiger partial charge is 0.472 e. The molecule has 13 nitrogen and oxygen atoms in total. The van der Waals surface area contributed by atoms with Gasteiger partial charge in [0.1, 0.15) is 43.2 Å². The molecule has 0 amide bonds. The van der Waals surface area contributed by atoms with E-state index in [1.54, 1.807) is 0 Å². The fourth-order valence-electron chi connectivity index (χ4n) is 7.57. The van der Waals surface area contributed by atoms with Crippen LogP contribution in [0.25, 0.3) is 0 Å². The van der Waals surface area contributed by atoms with E-state index in [4.69, 9.17) is 18.5 Å². The Morgan fingerprint density at radius 3 is 1.32 bits per heavy atom. The van der Waals surface area contributed by atoms with Gasteiger partial charge in [-0.2, -0.15) is 0 Å². The third kappa shape index (κ3) is 33.0. The lowest BCUT2D eigenvalue weighted by molar-refractivity contribution is -0.220. The summed E-state index contributed by atoms with van der Waals surface area (Å²) >= 11 is 0. The fourth-order valence-corrected chi connectivity index (χ4v) is 8.55. The van der Waals surface area contributed by atoms with Gasteiger partial charge in [-0.1, -0.05) is 191 Å². The van der Waals surface area contributed by atoms with Gasteiger partial charge >= 0.3 is 19.8 Å². The number of esters is 2. The van der Waals surface area contributed by atoms with Crippen molar-refractivity contribution in [1.29, 1.82) is 0 Å². The number of aliphatic hydroxyl groups excluding tert-OH is 5. The Bertz CT molecular complexity index is 1320. The molecule has 0 heterocycles. The minimum atomic E-state index is -5.13. The molecule has 0 saturated heterocycles. The van der Waals surface area contributed by atoms with Gasteiger partial charge in [-0.3, -0.25) is 18.6 Å². The molecule has 0 aromatic rings. The lowest BCUT2D eigenvalue weighted by Crippen LogP contribution is -2.64. The normalized spacial score (nSPS) is 21.8. The lowest BCUT2D eigenvalue weighted by Gasteiger charge is -2.41. The number of carbonyl (C=O) groups excluding carboxylic acids is 2. The van der Waals surface area contributed by atoms with Crippen LogP contribution in [0.15, 0.2) is 48.6 Å². The third-order valence-electron chi connectivity index (χ3n) is 11.7. The molecule has 1 aliphatic carbocycles. The van der Waals surface area contributed by atoms with Crippen LogP contribution in [0, 0.1) is 0 Å². The average Bonchev–Trinajstić information content (AvgIpc) is 3.29.